The third-order valence-corrected chi connectivity index (χ3v) is 5.11. The quantitative estimate of drug-likeness (QED) is 0.586. The van der Waals surface area contributed by atoms with E-state index in [1.807, 2.05) is 39.0 Å². The van der Waals surface area contributed by atoms with Gasteiger partial charge in [-0.3, -0.25) is 19.3 Å². The molecule has 1 amide bonds. The number of nitrogens with zero attached hydrogens (tertiary/aromatic N) is 1. The molecule has 1 aliphatic rings. The molecular weight excluding hydrogens is 354 g/mol. The van der Waals surface area contributed by atoms with Crippen molar-refractivity contribution in [1.82, 2.24) is 4.90 Å². The van der Waals surface area contributed by atoms with Gasteiger partial charge in [0.15, 0.2) is 6.10 Å². The van der Waals surface area contributed by atoms with E-state index in [4.69, 9.17) is 4.74 Å². The second-order valence-corrected chi connectivity index (χ2v) is 7.13. The first kappa shape index (κ1) is 19.5. The molecule has 0 radical (unpaired) electrons. The minimum Gasteiger partial charge on any atom is -0.453 e. The summed E-state index contributed by atoms with van der Waals surface area (Å²) in [4.78, 5) is 38.9. The van der Waals surface area contributed by atoms with Crippen molar-refractivity contribution in [2.24, 2.45) is 0 Å². The number of esters is 1. The van der Waals surface area contributed by atoms with Crippen molar-refractivity contribution < 1.29 is 19.1 Å². The maximum atomic E-state index is 12.7. The Bertz CT molecular complexity index is 971. The van der Waals surface area contributed by atoms with Gasteiger partial charge in [-0.05, 0) is 56.5 Å². The van der Waals surface area contributed by atoms with Crippen molar-refractivity contribution in [3.8, 4) is 0 Å². The van der Waals surface area contributed by atoms with Crippen molar-refractivity contribution in [2.75, 3.05) is 6.54 Å². The summed E-state index contributed by atoms with van der Waals surface area (Å²) in [5, 5.41) is 0. The number of Topliss-reactive ketones (excluding diaryl/α,β-unsaturated/α-hetero) is 1. The number of ketones is 1. The molecule has 1 aliphatic heterocycles. The van der Waals surface area contributed by atoms with Gasteiger partial charge in [-0.15, -0.1) is 0 Å². The van der Waals surface area contributed by atoms with Crippen LogP contribution >= 0.6 is 0 Å². The summed E-state index contributed by atoms with van der Waals surface area (Å²) in [6.07, 6.45) is -0.943. The molecule has 0 N–H and O–H groups in total. The summed E-state index contributed by atoms with van der Waals surface area (Å²) in [6, 6.07) is 10.8. The van der Waals surface area contributed by atoms with Gasteiger partial charge < -0.3 is 4.74 Å². The number of aryl methyl sites for hydroxylation is 3. The van der Waals surface area contributed by atoms with Crippen LogP contribution in [-0.4, -0.2) is 35.2 Å². The number of benzene rings is 2. The number of hydrogen-bond donors (Lipinski definition) is 0. The fraction of sp³-hybridized carbons (Fsp3) is 0.261. The highest BCUT2D eigenvalue weighted by atomic mass is 16.5. The Hall–Kier alpha value is -3.21. The number of carbonyl (C=O) groups is 3. The van der Waals surface area contributed by atoms with Crippen molar-refractivity contribution in [1.29, 1.82) is 0 Å². The fourth-order valence-electron chi connectivity index (χ4n) is 3.36. The molecule has 28 heavy (non-hydrogen) atoms. The first-order valence-corrected chi connectivity index (χ1v) is 9.12. The van der Waals surface area contributed by atoms with E-state index >= 15 is 0 Å². The van der Waals surface area contributed by atoms with Gasteiger partial charge in [0.2, 0.25) is 5.78 Å². The third-order valence-electron chi connectivity index (χ3n) is 5.11. The highest BCUT2D eigenvalue weighted by Crippen LogP contribution is 2.30. The van der Waals surface area contributed by atoms with Gasteiger partial charge in [-0.1, -0.05) is 30.8 Å². The molecule has 2 aromatic rings. The predicted molar refractivity (Wildman–Crippen MR) is 107 cm³/mol. The van der Waals surface area contributed by atoms with Gasteiger partial charge in [-0.2, -0.15) is 0 Å². The van der Waals surface area contributed by atoms with E-state index in [1.54, 1.807) is 25.1 Å². The van der Waals surface area contributed by atoms with Gasteiger partial charge in [0.25, 0.3) is 5.91 Å². The van der Waals surface area contributed by atoms with Crippen LogP contribution in [0.5, 0.6) is 0 Å². The lowest BCUT2D eigenvalue weighted by atomic mass is 9.96. The van der Waals surface area contributed by atoms with Crippen LogP contribution in [0, 0.1) is 20.8 Å². The number of carbonyl (C=O) groups excluding carboxylic acids is 3. The van der Waals surface area contributed by atoms with E-state index in [0.717, 1.165) is 16.7 Å². The molecule has 3 rings (SSSR count). The molecule has 5 nitrogen and oxygen atoms in total. The topological polar surface area (TPSA) is 63.7 Å². The van der Waals surface area contributed by atoms with Gasteiger partial charge >= 0.3 is 5.97 Å². The van der Waals surface area contributed by atoms with E-state index in [0.29, 0.717) is 22.4 Å². The predicted octanol–water partition coefficient (Wildman–Crippen LogP) is 3.85. The largest absolute Gasteiger partial charge is 0.453 e. The molecule has 0 aliphatic carbocycles. The molecule has 144 valence electrons. The van der Waals surface area contributed by atoms with E-state index in [2.05, 4.69) is 6.58 Å². The first-order chi connectivity index (χ1) is 13.2. The minimum absolute atomic E-state index is 0.260. The Morgan fingerprint density at radius 3 is 2.29 bits per heavy atom. The molecule has 0 saturated heterocycles. The second kappa shape index (κ2) is 7.43. The Balaban J connectivity index is 1.69. The summed E-state index contributed by atoms with van der Waals surface area (Å²) in [7, 11) is 0. The smallest absolute Gasteiger partial charge is 0.326 e. The highest BCUT2D eigenvalue weighted by Gasteiger charge is 2.33. The van der Waals surface area contributed by atoms with E-state index in [1.165, 1.54) is 4.90 Å². The van der Waals surface area contributed by atoms with Crippen LogP contribution in [0.4, 0.5) is 0 Å². The maximum Gasteiger partial charge on any atom is 0.326 e. The van der Waals surface area contributed by atoms with Crippen molar-refractivity contribution in [3.63, 3.8) is 0 Å². The van der Waals surface area contributed by atoms with Gasteiger partial charge in [0.05, 0.1) is 0 Å². The van der Waals surface area contributed by atoms with Crippen molar-refractivity contribution in [2.45, 2.75) is 33.8 Å². The average molecular weight is 377 g/mol. The lowest BCUT2D eigenvalue weighted by Gasteiger charge is -2.19. The van der Waals surface area contributed by atoms with Gasteiger partial charge in [0, 0.05) is 22.4 Å². The fourth-order valence-corrected chi connectivity index (χ4v) is 3.36. The van der Waals surface area contributed by atoms with Crippen LogP contribution in [0.15, 0.2) is 43.0 Å². The van der Waals surface area contributed by atoms with Crippen LogP contribution in [0.3, 0.4) is 0 Å². The molecule has 5 heteroatoms. The molecule has 1 unspecified atom stereocenters. The monoisotopic (exact) mass is 377 g/mol. The maximum absolute atomic E-state index is 12.7. The summed E-state index contributed by atoms with van der Waals surface area (Å²) in [6.45, 7) is 10.9. The normalized spacial score (nSPS) is 14.1. The third kappa shape index (κ3) is 3.48. The van der Waals surface area contributed by atoms with E-state index in [9.17, 15) is 14.4 Å². The molecular formula is C23H23NO4. The van der Waals surface area contributed by atoms with Gasteiger partial charge in [-0.25, -0.2) is 0 Å². The molecule has 0 spiro atoms. The first-order valence-electron chi connectivity index (χ1n) is 9.12. The molecule has 0 saturated carbocycles. The standard InChI is InChI=1S/C23H23NO4/c1-13-10-15(3)20(11-14(13)2)22(26)17(5)28-21(25)12-24-16(4)18-8-6-7-9-19(18)23(24)27/h6-11,17H,4,12H2,1-3,5H3. The van der Waals surface area contributed by atoms with Crippen LogP contribution in [-0.2, 0) is 9.53 Å². The second-order valence-electron chi connectivity index (χ2n) is 7.13. The molecule has 1 heterocycles. The molecule has 0 fully saturated rings. The van der Waals surface area contributed by atoms with Crippen LogP contribution < -0.4 is 0 Å². The summed E-state index contributed by atoms with van der Waals surface area (Å²) in [5.74, 6) is -1.20. The van der Waals surface area contributed by atoms with E-state index in [-0.39, 0.29) is 18.2 Å². The van der Waals surface area contributed by atoms with Gasteiger partial charge in [0.1, 0.15) is 6.54 Å². The molecule has 0 aromatic heterocycles. The molecule has 1 atom stereocenters. The SMILES string of the molecule is C=C1c2ccccc2C(=O)N1CC(=O)OC(C)C(=O)c1cc(C)c(C)cc1C. The minimum atomic E-state index is -0.943. The average Bonchev–Trinajstić information content (AvgIpc) is 2.89. The number of amides is 1. The number of ether oxygens (including phenoxy) is 1. The lowest BCUT2D eigenvalue weighted by molar-refractivity contribution is -0.146. The highest BCUT2D eigenvalue weighted by molar-refractivity contribution is 6.10. The number of rotatable bonds is 5. The summed E-state index contributed by atoms with van der Waals surface area (Å²) in [5.41, 5.74) is 5.16. The zero-order valence-corrected chi connectivity index (χ0v) is 16.5. The summed E-state index contributed by atoms with van der Waals surface area (Å²) >= 11 is 0. The van der Waals surface area contributed by atoms with Crippen LogP contribution in [0.2, 0.25) is 0 Å². The van der Waals surface area contributed by atoms with E-state index < -0.39 is 12.1 Å². The van der Waals surface area contributed by atoms with Crippen molar-refractivity contribution in [3.05, 3.63) is 76.4 Å². The Labute approximate surface area is 164 Å². The van der Waals surface area contributed by atoms with Crippen molar-refractivity contribution >= 4 is 23.4 Å². The number of fused-ring (bicyclic) bond motifs is 1. The molecule has 2 aromatic carbocycles. The number of hydrogen-bond acceptors (Lipinski definition) is 4. The Morgan fingerprint density at radius 1 is 1.04 bits per heavy atom. The van der Waals surface area contributed by atoms with Crippen LogP contribution in [0.1, 0.15) is 49.9 Å². The molecule has 0 bridgehead atoms. The summed E-state index contributed by atoms with van der Waals surface area (Å²) < 4.78 is 5.33. The zero-order chi connectivity index (χ0) is 20.6. The lowest BCUT2D eigenvalue weighted by Crippen LogP contribution is -2.34. The Kier molecular flexibility index (Phi) is 5.18. The zero-order valence-electron chi connectivity index (χ0n) is 16.5. The van der Waals surface area contributed by atoms with Crippen LogP contribution in [0.25, 0.3) is 5.70 Å². The Morgan fingerprint density at radius 2 is 1.64 bits per heavy atom.